The number of carbonyl (C=O) groups excluding carboxylic acids is 1. The summed E-state index contributed by atoms with van der Waals surface area (Å²) in [4.78, 5) is 15.7. The molecule has 0 bridgehead atoms. The highest BCUT2D eigenvalue weighted by Gasteiger charge is 2.09. The lowest BCUT2D eigenvalue weighted by Gasteiger charge is -2.07. The molecule has 1 aromatic rings. The molecule has 3 nitrogen and oxygen atoms in total. The minimum atomic E-state index is -0.115. The van der Waals surface area contributed by atoms with Crippen molar-refractivity contribution in [2.24, 2.45) is 5.92 Å². The molecule has 0 spiro atoms. The second-order valence-corrected chi connectivity index (χ2v) is 4.98. The Hall–Kier alpha value is -0.900. The second-order valence-electron chi connectivity index (χ2n) is 4.13. The Morgan fingerprint density at radius 3 is 2.94 bits per heavy atom. The zero-order chi connectivity index (χ0) is 12.0. The number of carbonyl (C=O) groups is 1. The van der Waals surface area contributed by atoms with Gasteiger partial charge in [-0.25, -0.2) is 4.98 Å². The summed E-state index contributed by atoms with van der Waals surface area (Å²) >= 11 is 3.31. The Bertz CT molecular complexity index is 353. The van der Waals surface area contributed by atoms with Crippen LogP contribution in [-0.2, 0) is 0 Å². The third-order valence-corrected chi connectivity index (χ3v) is 2.86. The van der Waals surface area contributed by atoms with Gasteiger partial charge < -0.3 is 5.32 Å². The Kier molecular flexibility index (Phi) is 5.46. The molecule has 0 unspecified atom stereocenters. The van der Waals surface area contributed by atoms with Crippen molar-refractivity contribution < 1.29 is 4.79 Å². The van der Waals surface area contributed by atoms with E-state index in [1.165, 1.54) is 0 Å². The molecular formula is C12H17BrN2O. The summed E-state index contributed by atoms with van der Waals surface area (Å²) in [6.07, 6.45) is 3.76. The minimum absolute atomic E-state index is 0.115. The van der Waals surface area contributed by atoms with Gasteiger partial charge in [-0.15, -0.1) is 0 Å². The predicted molar refractivity (Wildman–Crippen MR) is 68.3 cm³/mol. The number of halogens is 1. The Morgan fingerprint density at radius 2 is 2.31 bits per heavy atom. The standard InChI is InChI=1S/C12H17BrN2O/c1-9(2)5-3-8-15-12(16)11-10(13)6-4-7-14-11/h4,6-7,9H,3,5,8H2,1-2H3,(H,15,16). The van der Waals surface area contributed by atoms with Gasteiger partial charge in [-0.1, -0.05) is 13.8 Å². The maximum absolute atomic E-state index is 11.7. The molecule has 0 saturated carbocycles. The first-order chi connectivity index (χ1) is 7.61. The summed E-state index contributed by atoms with van der Waals surface area (Å²) < 4.78 is 0.733. The van der Waals surface area contributed by atoms with E-state index < -0.39 is 0 Å². The number of rotatable bonds is 5. The first-order valence-corrected chi connectivity index (χ1v) is 6.29. The SMILES string of the molecule is CC(C)CCCNC(=O)c1ncccc1Br. The maximum atomic E-state index is 11.7. The van der Waals surface area contributed by atoms with Crippen LogP contribution < -0.4 is 5.32 Å². The molecule has 0 aliphatic carbocycles. The molecule has 0 radical (unpaired) electrons. The van der Waals surface area contributed by atoms with Gasteiger partial charge in [0.25, 0.3) is 5.91 Å². The molecule has 4 heteroatoms. The van der Waals surface area contributed by atoms with E-state index in [0.29, 0.717) is 18.2 Å². The Labute approximate surface area is 105 Å². The fourth-order valence-corrected chi connectivity index (χ4v) is 1.78. The third-order valence-electron chi connectivity index (χ3n) is 2.22. The lowest BCUT2D eigenvalue weighted by atomic mass is 10.1. The van der Waals surface area contributed by atoms with Crippen LogP contribution in [0.1, 0.15) is 37.2 Å². The molecular weight excluding hydrogens is 268 g/mol. The minimum Gasteiger partial charge on any atom is -0.351 e. The zero-order valence-corrected chi connectivity index (χ0v) is 11.3. The van der Waals surface area contributed by atoms with Gasteiger partial charge in [0.1, 0.15) is 5.69 Å². The van der Waals surface area contributed by atoms with Crippen LogP contribution in [0.5, 0.6) is 0 Å². The van der Waals surface area contributed by atoms with Gasteiger partial charge in [-0.05, 0) is 46.8 Å². The first kappa shape index (κ1) is 13.2. The summed E-state index contributed by atoms with van der Waals surface area (Å²) in [6, 6.07) is 3.61. The highest BCUT2D eigenvalue weighted by Crippen LogP contribution is 2.12. The molecule has 1 aromatic heterocycles. The average Bonchev–Trinajstić information content (AvgIpc) is 2.24. The molecule has 16 heavy (non-hydrogen) atoms. The van der Waals surface area contributed by atoms with E-state index in [1.54, 1.807) is 12.3 Å². The van der Waals surface area contributed by atoms with Gasteiger partial charge in [0, 0.05) is 17.2 Å². The smallest absolute Gasteiger partial charge is 0.271 e. The van der Waals surface area contributed by atoms with Crippen molar-refractivity contribution in [2.75, 3.05) is 6.54 Å². The second kappa shape index (κ2) is 6.63. The third kappa shape index (κ3) is 4.31. The molecule has 0 atom stereocenters. The number of nitrogens with zero attached hydrogens (tertiary/aromatic N) is 1. The predicted octanol–water partition coefficient (Wildman–Crippen LogP) is 3.01. The zero-order valence-electron chi connectivity index (χ0n) is 9.66. The molecule has 0 aliphatic heterocycles. The van der Waals surface area contributed by atoms with E-state index in [9.17, 15) is 4.79 Å². The van der Waals surface area contributed by atoms with E-state index in [4.69, 9.17) is 0 Å². The van der Waals surface area contributed by atoms with Crippen LogP contribution in [0, 0.1) is 5.92 Å². The van der Waals surface area contributed by atoms with E-state index in [1.807, 2.05) is 6.07 Å². The van der Waals surface area contributed by atoms with Crippen LogP contribution in [0.4, 0.5) is 0 Å². The van der Waals surface area contributed by atoms with Crippen LogP contribution >= 0.6 is 15.9 Å². The molecule has 0 saturated heterocycles. The number of hydrogen-bond donors (Lipinski definition) is 1. The normalized spacial score (nSPS) is 10.5. The van der Waals surface area contributed by atoms with E-state index >= 15 is 0 Å². The van der Waals surface area contributed by atoms with Gasteiger partial charge in [0.05, 0.1) is 0 Å². The first-order valence-electron chi connectivity index (χ1n) is 5.50. The van der Waals surface area contributed by atoms with E-state index in [2.05, 4.69) is 40.1 Å². The monoisotopic (exact) mass is 284 g/mol. The van der Waals surface area contributed by atoms with Crippen molar-refractivity contribution >= 4 is 21.8 Å². The largest absolute Gasteiger partial charge is 0.351 e. The highest BCUT2D eigenvalue weighted by atomic mass is 79.9. The quantitative estimate of drug-likeness (QED) is 0.845. The molecule has 1 heterocycles. The molecule has 1 amide bonds. The van der Waals surface area contributed by atoms with E-state index in [0.717, 1.165) is 17.3 Å². The summed E-state index contributed by atoms with van der Waals surface area (Å²) in [7, 11) is 0. The fourth-order valence-electron chi connectivity index (χ4n) is 1.35. The van der Waals surface area contributed by atoms with E-state index in [-0.39, 0.29) is 5.91 Å². The van der Waals surface area contributed by atoms with Gasteiger partial charge in [-0.3, -0.25) is 4.79 Å². The summed E-state index contributed by atoms with van der Waals surface area (Å²) in [5, 5.41) is 2.86. The number of amides is 1. The van der Waals surface area contributed by atoms with Crippen LogP contribution in [0.3, 0.4) is 0 Å². The Balaban J connectivity index is 2.39. The van der Waals surface area contributed by atoms with Crippen molar-refractivity contribution in [1.29, 1.82) is 0 Å². The lowest BCUT2D eigenvalue weighted by Crippen LogP contribution is -2.25. The van der Waals surface area contributed by atoms with Gasteiger partial charge in [0.15, 0.2) is 0 Å². The van der Waals surface area contributed by atoms with Crippen LogP contribution in [0.25, 0.3) is 0 Å². The number of nitrogens with one attached hydrogen (secondary N) is 1. The lowest BCUT2D eigenvalue weighted by molar-refractivity contribution is 0.0946. The molecule has 0 fully saturated rings. The maximum Gasteiger partial charge on any atom is 0.271 e. The number of pyridine rings is 1. The van der Waals surface area contributed by atoms with Crippen molar-refractivity contribution in [3.05, 3.63) is 28.5 Å². The summed E-state index contributed by atoms with van der Waals surface area (Å²) in [5.41, 5.74) is 0.451. The number of hydrogen-bond acceptors (Lipinski definition) is 2. The van der Waals surface area contributed by atoms with Crippen LogP contribution in [-0.4, -0.2) is 17.4 Å². The Morgan fingerprint density at radius 1 is 1.56 bits per heavy atom. The highest BCUT2D eigenvalue weighted by molar-refractivity contribution is 9.10. The van der Waals surface area contributed by atoms with Crippen LogP contribution in [0.2, 0.25) is 0 Å². The molecule has 0 aliphatic rings. The summed E-state index contributed by atoms with van der Waals surface area (Å²) in [6.45, 7) is 5.06. The molecule has 1 rings (SSSR count). The van der Waals surface area contributed by atoms with Crippen molar-refractivity contribution in [2.45, 2.75) is 26.7 Å². The summed E-state index contributed by atoms with van der Waals surface area (Å²) in [5.74, 6) is 0.565. The number of aromatic nitrogens is 1. The molecule has 88 valence electrons. The van der Waals surface area contributed by atoms with Crippen LogP contribution in [0.15, 0.2) is 22.8 Å². The van der Waals surface area contributed by atoms with Crippen molar-refractivity contribution in [3.63, 3.8) is 0 Å². The van der Waals surface area contributed by atoms with Gasteiger partial charge in [-0.2, -0.15) is 0 Å². The molecule has 0 aromatic carbocycles. The van der Waals surface area contributed by atoms with Gasteiger partial charge >= 0.3 is 0 Å². The van der Waals surface area contributed by atoms with Crippen molar-refractivity contribution in [1.82, 2.24) is 10.3 Å². The van der Waals surface area contributed by atoms with Crippen molar-refractivity contribution in [3.8, 4) is 0 Å². The average molecular weight is 285 g/mol. The molecule has 1 N–H and O–H groups in total. The fraction of sp³-hybridized carbons (Fsp3) is 0.500. The van der Waals surface area contributed by atoms with Gasteiger partial charge in [0.2, 0.25) is 0 Å². The topological polar surface area (TPSA) is 42.0 Å².